The molecule has 2 rings (SSSR count). The Morgan fingerprint density at radius 1 is 0.783 bits per heavy atom. The second kappa shape index (κ2) is 6.22. The Hall–Kier alpha value is -0.277. The van der Waals surface area contributed by atoms with Crippen molar-refractivity contribution in [3.8, 4) is 0 Å². The van der Waals surface area contributed by atoms with Gasteiger partial charge in [0, 0.05) is 0 Å². The number of hydrogen-bond acceptors (Lipinski definition) is 3. The summed E-state index contributed by atoms with van der Waals surface area (Å²) < 4.78 is 9.45. The van der Waals surface area contributed by atoms with Gasteiger partial charge in [-0.1, -0.05) is 0 Å². The van der Waals surface area contributed by atoms with Crippen LogP contribution in [0.25, 0.3) is 0 Å². The van der Waals surface area contributed by atoms with Crippen molar-refractivity contribution in [1.82, 2.24) is 11.7 Å². The average Bonchev–Trinajstić information content (AvgIpc) is 2.30. The zero-order valence-electron chi connectivity index (χ0n) is 16.3. The van der Waals surface area contributed by atoms with E-state index < -0.39 is 15.3 Å². The molecule has 1 aliphatic heterocycles. The molecule has 1 fully saturated rings. The summed E-state index contributed by atoms with van der Waals surface area (Å²) in [6.07, 6.45) is 0. The third kappa shape index (κ3) is 4.22. The zero-order valence-corrected chi connectivity index (χ0v) is 18.2. The number of benzene rings is 1. The van der Waals surface area contributed by atoms with Crippen LogP contribution in [0.4, 0.5) is 0 Å². The fourth-order valence-corrected chi connectivity index (χ4v) is 9.06. The van der Waals surface area contributed by atoms with Crippen LogP contribution in [-0.2, 0) is 0 Å². The summed E-state index contributed by atoms with van der Waals surface area (Å²) in [4.78, 5) is 0. The molecule has 23 heavy (non-hydrogen) atoms. The first-order valence-electron chi connectivity index (χ1n) is 8.54. The maximum atomic E-state index is 3.97. The van der Waals surface area contributed by atoms with E-state index in [1.165, 1.54) is 5.46 Å². The molecule has 0 saturated carbocycles. The summed E-state index contributed by atoms with van der Waals surface area (Å²) in [7, 11) is 0. The molecule has 1 aromatic rings. The van der Waals surface area contributed by atoms with Gasteiger partial charge in [-0.3, -0.25) is 0 Å². The molecule has 5 heteroatoms. The van der Waals surface area contributed by atoms with E-state index in [-0.39, 0.29) is 16.6 Å². The molecule has 0 spiro atoms. The zero-order chi connectivity index (χ0) is 17.6. The first kappa shape index (κ1) is 19.1. The molecule has 1 saturated heterocycles. The predicted octanol–water partition coefficient (Wildman–Crippen LogP) is 2.97. The molecule has 0 atom stereocenters. The SMILES string of the molecule is CC(C)(C)N[As]1N(C(C)(C)C)B(c2ccccc2)N1C(C)(C)C. The van der Waals surface area contributed by atoms with Gasteiger partial charge in [-0.25, -0.2) is 0 Å². The van der Waals surface area contributed by atoms with Gasteiger partial charge < -0.3 is 0 Å². The minimum absolute atomic E-state index is 0.134. The average molecular weight is 377 g/mol. The maximum absolute atomic E-state index is 3.97. The third-order valence-electron chi connectivity index (χ3n) is 3.78. The Morgan fingerprint density at radius 3 is 1.57 bits per heavy atom. The van der Waals surface area contributed by atoms with Crippen LogP contribution < -0.4 is 9.70 Å². The standard InChI is InChI=1S/C18H33AsBN3/c1-16(2,3)21-19-22(17(4,5)6)20(23(19)18(7,8)9)15-13-11-10-12-14-15/h10-14,21H,1-9H3. The van der Waals surface area contributed by atoms with Crippen LogP contribution in [-0.4, -0.2) is 46.4 Å². The van der Waals surface area contributed by atoms with E-state index in [2.05, 4.69) is 104 Å². The quantitative estimate of drug-likeness (QED) is 0.800. The second-order valence-corrected chi connectivity index (χ2v) is 13.0. The van der Waals surface area contributed by atoms with Crippen molar-refractivity contribution in [2.24, 2.45) is 0 Å². The van der Waals surface area contributed by atoms with E-state index in [1.807, 2.05) is 0 Å². The molecule has 1 aromatic carbocycles. The summed E-state index contributed by atoms with van der Waals surface area (Å²) in [6.45, 7) is 21.3. The normalized spacial score (nSPS) is 19.1. The van der Waals surface area contributed by atoms with Crippen LogP contribution in [0.5, 0.6) is 0 Å². The van der Waals surface area contributed by atoms with Gasteiger partial charge in [-0.2, -0.15) is 0 Å². The monoisotopic (exact) mass is 377 g/mol. The number of nitrogens with zero attached hydrogens (tertiary/aromatic N) is 2. The van der Waals surface area contributed by atoms with E-state index in [1.54, 1.807) is 0 Å². The van der Waals surface area contributed by atoms with Crippen molar-refractivity contribution in [3.05, 3.63) is 30.3 Å². The number of nitrogens with one attached hydrogen (secondary N) is 1. The van der Waals surface area contributed by atoms with E-state index in [4.69, 9.17) is 0 Å². The van der Waals surface area contributed by atoms with Crippen LogP contribution in [0, 0.1) is 0 Å². The summed E-state index contributed by atoms with van der Waals surface area (Å²) in [5, 5.41) is 0. The fraction of sp³-hybridized carbons (Fsp3) is 0.667. The Kier molecular flexibility index (Phi) is 5.15. The van der Waals surface area contributed by atoms with Crippen LogP contribution in [0.15, 0.2) is 30.3 Å². The van der Waals surface area contributed by atoms with Crippen LogP contribution >= 0.6 is 0 Å². The molecule has 1 aliphatic rings. The van der Waals surface area contributed by atoms with Crippen LogP contribution in [0.2, 0.25) is 0 Å². The van der Waals surface area contributed by atoms with Crippen LogP contribution in [0.1, 0.15) is 62.3 Å². The molecule has 0 bridgehead atoms. The van der Waals surface area contributed by atoms with Gasteiger partial charge in [0.2, 0.25) is 0 Å². The van der Waals surface area contributed by atoms with Crippen molar-refractivity contribution in [2.45, 2.75) is 78.9 Å². The van der Waals surface area contributed by atoms with E-state index in [0.717, 1.165) is 0 Å². The number of rotatable bonds is 2. The molecule has 1 heterocycles. The molecule has 128 valence electrons. The summed E-state index contributed by atoms with van der Waals surface area (Å²) in [6, 6.07) is 11.0. The Morgan fingerprint density at radius 2 is 1.22 bits per heavy atom. The van der Waals surface area contributed by atoms with Gasteiger partial charge in [-0.15, -0.1) is 0 Å². The minimum atomic E-state index is -1.50. The Bertz CT molecular complexity index is 506. The van der Waals surface area contributed by atoms with E-state index in [0.29, 0.717) is 6.98 Å². The van der Waals surface area contributed by atoms with Crippen molar-refractivity contribution in [1.29, 1.82) is 0 Å². The van der Waals surface area contributed by atoms with Crippen molar-refractivity contribution >= 4 is 27.8 Å². The molecule has 0 aliphatic carbocycles. The Labute approximate surface area is 148 Å². The summed E-state index contributed by atoms with van der Waals surface area (Å²) in [5.74, 6) is 0. The van der Waals surface area contributed by atoms with Gasteiger partial charge in [-0.05, 0) is 0 Å². The summed E-state index contributed by atoms with van der Waals surface area (Å²) in [5.41, 5.74) is 1.84. The van der Waals surface area contributed by atoms with Gasteiger partial charge in [0.25, 0.3) is 0 Å². The van der Waals surface area contributed by atoms with E-state index in [9.17, 15) is 0 Å². The molecule has 3 nitrogen and oxygen atoms in total. The van der Waals surface area contributed by atoms with Gasteiger partial charge in [0.1, 0.15) is 0 Å². The Balaban J connectivity index is 2.45. The van der Waals surface area contributed by atoms with Crippen LogP contribution in [0.3, 0.4) is 0 Å². The van der Waals surface area contributed by atoms with Gasteiger partial charge in [0.15, 0.2) is 0 Å². The topological polar surface area (TPSA) is 18.5 Å². The van der Waals surface area contributed by atoms with Crippen molar-refractivity contribution in [2.75, 3.05) is 0 Å². The molecular formula is C18H33AsBN3. The fourth-order valence-electron chi connectivity index (χ4n) is 2.98. The second-order valence-electron chi connectivity index (χ2n) is 9.47. The van der Waals surface area contributed by atoms with Crippen molar-refractivity contribution in [3.63, 3.8) is 0 Å². The third-order valence-corrected chi connectivity index (χ3v) is 10.8. The first-order chi connectivity index (χ1) is 10.3. The molecule has 1 N–H and O–H groups in total. The summed E-state index contributed by atoms with van der Waals surface area (Å²) >= 11 is -1.50. The molecular weight excluding hydrogens is 344 g/mol. The molecule has 0 aromatic heterocycles. The van der Waals surface area contributed by atoms with Crippen molar-refractivity contribution < 1.29 is 0 Å². The van der Waals surface area contributed by atoms with E-state index >= 15 is 0 Å². The number of hydrogen-bond donors (Lipinski definition) is 1. The van der Waals surface area contributed by atoms with Gasteiger partial charge in [0.05, 0.1) is 0 Å². The van der Waals surface area contributed by atoms with Gasteiger partial charge >= 0.3 is 149 Å². The molecule has 0 radical (unpaired) electrons. The first-order valence-corrected chi connectivity index (χ1v) is 11.2. The predicted molar refractivity (Wildman–Crippen MR) is 104 cm³/mol. The molecule has 0 unspecified atom stereocenters. The molecule has 0 amide bonds.